The van der Waals surface area contributed by atoms with Crippen molar-refractivity contribution in [1.82, 2.24) is 10.0 Å². The first kappa shape index (κ1) is 8.96. The zero-order chi connectivity index (χ0) is 8.32. The molecule has 4 nitrogen and oxygen atoms in total. The van der Waals surface area contributed by atoms with E-state index in [1.165, 1.54) is 0 Å². The van der Waals surface area contributed by atoms with E-state index in [1.807, 2.05) is 0 Å². The Labute approximate surface area is 67.4 Å². The van der Waals surface area contributed by atoms with Gasteiger partial charge >= 0.3 is 0 Å². The Balaban J connectivity index is 2.33. The maximum Gasteiger partial charge on any atom is 0.213 e. The first-order chi connectivity index (χ1) is 5.14. The monoisotopic (exact) mass is 178 g/mol. The van der Waals surface area contributed by atoms with Gasteiger partial charge in [0.25, 0.3) is 0 Å². The fraction of sp³-hybridized carbons (Fsp3) is 1.00. The van der Waals surface area contributed by atoms with Crippen molar-refractivity contribution in [1.29, 1.82) is 0 Å². The minimum atomic E-state index is -3.00. The largest absolute Gasteiger partial charge is 0.313 e. The molecule has 0 aromatic rings. The van der Waals surface area contributed by atoms with Crippen LogP contribution < -0.4 is 10.0 Å². The van der Waals surface area contributed by atoms with Gasteiger partial charge in [0, 0.05) is 12.6 Å². The molecule has 0 spiro atoms. The molecule has 0 aromatic carbocycles. The van der Waals surface area contributed by atoms with Crippen LogP contribution >= 0.6 is 0 Å². The zero-order valence-corrected chi connectivity index (χ0v) is 7.45. The molecule has 1 aliphatic rings. The summed E-state index contributed by atoms with van der Waals surface area (Å²) in [6.45, 7) is 3.22. The SMILES string of the molecule is CCNS(=O)(=O)CC1CCN1. The van der Waals surface area contributed by atoms with Crippen LogP contribution in [0, 0.1) is 0 Å². The lowest BCUT2D eigenvalue weighted by Crippen LogP contribution is -2.49. The normalized spacial score (nSPS) is 24.6. The van der Waals surface area contributed by atoms with Crippen molar-refractivity contribution in [3.8, 4) is 0 Å². The summed E-state index contributed by atoms with van der Waals surface area (Å²) in [6.07, 6.45) is 0.977. The third-order valence-corrected chi connectivity index (χ3v) is 3.28. The van der Waals surface area contributed by atoms with Crippen LogP contribution in [0.2, 0.25) is 0 Å². The fourth-order valence-electron chi connectivity index (χ4n) is 1.03. The zero-order valence-electron chi connectivity index (χ0n) is 6.63. The van der Waals surface area contributed by atoms with Gasteiger partial charge in [-0.2, -0.15) is 0 Å². The van der Waals surface area contributed by atoms with Gasteiger partial charge in [0.2, 0.25) is 10.0 Å². The molecule has 66 valence electrons. The van der Waals surface area contributed by atoms with Gasteiger partial charge in [-0.25, -0.2) is 13.1 Å². The van der Waals surface area contributed by atoms with E-state index in [4.69, 9.17) is 0 Å². The van der Waals surface area contributed by atoms with Crippen LogP contribution in [0.3, 0.4) is 0 Å². The summed E-state index contributed by atoms with van der Waals surface area (Å²) in [5.74, 6) is 0.223. The molecular formula is C6H14N2O2S. The van der Waals surface area contributed by atoms with Crippen LogP contribution in [-0.4, -0.2) is 33.3 Å². The van der Waals surface area contributed by atoms with Crippen LogP contribution in [0.5, 0.6) is 0 Å². The fourth-order valence-corrected chi connectivity index (χ4v) is 2.41. The van der Waals surface area contributed by atoms with E-state index in [2.05, 4.69) is 10.0 Å². The molecule has 0 saturated carbocycles. The highest BCUT2D eigenvalue weighted by Gasteiger charge is 2.22. The van der Waals surface area contributed by atoms with Gasteiger partial charge in [-0.3, -0.25) is 0 Å². The molecule has 1 rings (SSSR count). The van der Waals surface area contributed by atoms with Crippen molar-refractivity contribution >= 4 is 10.0 Å². The van der Waals surface area contributed by atoms with E-state index in [-0.39, 0.29) is 11.8 Å². The second-order valence-electron chi connectivity index (χ2n) is 2.72. The molecule has 0 radical (unpaired) electrons. The molecule has 0 aliphatic carbocycles. The van der Waals surface area contributed by atoms with Crippen molar-refractivity contribution in [2.24, 2.45) is 0 Å². The molecule has 1 fully saturated rings. The van der Waals surface area contributed by atoms with Crippen LogP contribution in [0.4, 0.5) is 0 Å². The molecule has 1 saturated heterocycles. The third kappa shape index (κ3) is 2.76. The van der Waals surface area contributed by atoms with E-state index in [9.17, 15) is 8.42 Å². The number of hydrogen-bond acceptors (Lipinski definition) is 3. The summed E-state index contributed by atoms with van der Waals surface area (Å²) in [5, 5.41) is 3.04. The Morgan fingerprint density at radius 1 is 1.64 bits per heavy atom. The molecule has 1 unspecified atom stereocenters. The number of sulfonamides is 1. The molecular weight excluding hydrogens is 164 g/mol. The maximum atomic E-state index is 11.1. The minimum Gasteiger partial charge on any atom is -0.313 e. The molecule has 1 atom stereocenters. The molecule has 2 N–H and O–H groups in total. The average molecular weight is 178 g/mol. The summed E-state index contributed by atoms with van der Waals surface area (Å²) in [4.78, 5) is 0. The van der Waals surface area contributed by atoms with E-state index in [0.29, 0.717) is 6.54 Å². The predicted molar refractivity (Wildman–Crippen MR) is 43.9 cm³/mol. The summed E-state index contributed by atoms with van der Waals surface area (Å²) in [7, 11) is -3.00. The molecule has 11 heavy (non-hydrogen) atoms. The molecule has 0 amide bonds. The lowest BCUT2D eigenvalue weighted by Gasteiger charge is -2.26. The molecule has 1 heterocycles. The highest BCUT2D eigenvalue weighted by atomic mass is 32.2. The second kappa shape index (κ2) is 3.51. The minimum absolute atomic E-state index is 0.180. The standard InChI is InChI=1S/C6H14N2O2S/c1-2-8-11(9,10)5-6-3-4-7-6/h6-8H,2-5H2,1H3. The molecule has 5 heteroatoms. The quantitative estimate of drug-likeness (QED) is 0.598. The second-order valence-corrected chi connectivity index (χ2v) is 4.57. The third-order valence-electron chi connectivity index (χ3n) is 1.71. The van der Waals surface area contributed by atoms with E-state index < -0.39 is 10.0 Å². The highest BCUT2D eigenvalue weighted by Crippen LogP contribution is 2.03. The Morgan fingerprint density at radius 3 is 2.64 bits per heavy atom. The van der Waals surface area contributed by atoms with Gasteiger partial charge in [0.1, 0.15) is 0 Å². The van der Waals surface area contributed by atoms with Crippen molar-refractivity contribution in [2.75, 3.05) is 18.8 Å². The van der Waals surface area contributed by atoms with Gasteiger partial charge in [0.15, 0.2) is 0 Å². The Bertz CT molecular complexity index is 209. The van der Waals surface area contributed by atoms with Gasteiger partial charge in [-0.15, -0.1) is 0 Å². The van der Waals surface area contributed by atoms with E-state index in [1.54, 1.807) is 6.92 Å². The molecule has 1 aliphatic heterocycles. The lowest BCUT2D eigenvalue weighted by molar-refractivity contribution is 0.397. The first-order valence-corrected chi connectivity index (χ1v) is 5.50. The average Bonchev–Trinajstić information content (AvgIpc) is 1.79. The van der Waals surface area contributed by atoms with Crippen molar-refractivity contribution < 1.29 is 8.42 Å². The highest BCUT2D eigenvalue weighted by molar-refractivity contribution is 7.89. The van der Waals surface area contributed by atoms with Crippen LogP contribution in [0.1, 0.15) is 13.3 Å². The van der Waals surface area contributed by atoms with E-state index in [0.717, 1.165) is 13.0 Å². The summed E-state index contributed by atoms with van der Waals surface area (Å²) in [5.41, 5.74) is 0. The Hall–Kier alpha value is -0.130. The summed E-state index contributed by atoms with van der Waals surface area (Å²) in [6, 6.07) is 0.180. The van der Waals surface area contributed by atoms with Gasteiger partial charge in [0.05, 0.1) is 5.75 Å². The maximum absolute atomic E-state index is 11.1. The summed E-state index contributed by atoms with van der Waals surface area (Å²) < 4.78 is 24.6. The van der Waals surface area contributed by atoms with E-state index >= 15 is 0 Å². The van der Waals surface area contributed by atoms with Crippen LogP contribution in [0.15, 0.2) is 0 Å². The first-order valence-electron chi connectivity index (χ1n) is 3.85. The number of rotatable bonds is 4. The van der Waals surface area contributed by atoms with Crippen LogP contribution in [-0.2, 0) is 10.0 Å². The topological polar surface area (TPSA) is 58.2 Å². The Kier molecular flexibility index (Phi) is 2.86. The van der Waals surface area contributed by atoms with Crippen molar-refractivity contribution in [2.45, 2.75) is 19.4 Å². The number of hydrogen-bond donors (Lipinski definition) is 2. The van der Waals surface area contributed by atoms with Gasteiger partial charge in [-0.05, 0) is 13.0 Å². The van der Waals surface area contributed by atoms with Crippen molar-refractivity contribution in [3.63, 3.8) is 0 Å². The van der Waals surface area contributed by atoms with Crippen molar-refractivity contribution in [3.05, 3.63) is 0 Å². The lowest BCUT2D eigenvalue weighted by atomic mass is 10.1. The molecule has 0 bridgehead atoms. The number of nitrogens with one attached hydrogen (secondary N) is 2. The van der Waals surface area contributed by atoms with Gasteiger partial charge in [-0.1, -0.05) is 6.92 Å². The Morgan fingerprint density at radius 2 is 2.27 bits per heavy atom. The summed E-state index contributed by atoms with van der Waals surface area (Å²) >= 11 is 0. The van der Waals surface area contributed by atoms with Crippen LogP contribution in [0.25, 0.3) is 0 Å². The van der Waals surface area contributed by atoms with Gasteiger partial charge < -0.3 is 5.32 Å². The molecule has 0 aromatic heterocycles. The predicted octanol–water partition coefficient (Wildman–Crippen LogP) is -0.712. The smallest absolute Gasteiger partial charge is 0.213 e.